The highest BCUT2D eigenvalue weighted by Crippen LogP contribution is 2.20. The molecule has 1 aliphatic rings. The number of nitrogens with zero attached hydrogens (tertiary/aromatic N) is 3. The van der Waals surface area contributed by atoms with Gasteiger partial charge in [0.25, 0.3) is 5.91 Å². The smallest absolute Gasteiger partial charge is 0.271 e. The summed E-state index contributed by atoms with van der Waals surface area (Å²) in [6, 6.07) is 7.83. The summed E-state index contributed by atoms with van der Waals surface area (Å²) in [5.41, 5.74) is 1.56. The molecule has 3 rings (SSSR count). The maximum Gasteiger partial charge on any atom is 0.271 e. The van der Waals surface area contributed by atoms with Gasteiger partial charge in [-0.3, -0.25) is 9.69 Å². The number of piperazine rings is 1. The van der Waals surface area contributed by atoms with Crippen molar-refractivity contribution in [1.29, 1.82) is 0 Å². The highest BCUT2D eigenvalue weighted by atomic mass is 32.1. The molecule has 0 aliphatic carbocycles. The van der Waals surface area contributed by atoms with Crippen molar-refractivity contribution in [1.82, 2.24) is 20.1 Å². The second-order valence-electron chi connectivity index (χ2n) is 6.65. The third-order valence-corrected chi connectivity index (χ3v) is 5.49. The van der Waals surface area contributed by atoms with E-state index in [0.717, 1.165) is 49.0 Å². The zero-order valence-corrected chi connectivity index (χ0v) is 16.4. The van der Waals surface area contributed by atoms with Gasteiger partial charge in [0.1, 0.15) is 11.4 Å². The first kappa shape index (κ1) is 18.8. The van der Waals surface area contributed by atoms with E-state index in [0.29, 0.717) is 5.69 Å². The number of amides is 1. The Kier molecular flexibility index (Phi) is 6.24. The van der Waals surface area contributed by atoms with Gasteiger partial charge in [0.15, 0.2) is 0 Å². The summed E-state index contributed by atoms with van der Waals surface area (Å²) in [5, 5.41) is 5.88. The Morgan fingerprint density at radius 3 is 2.54 bits per heavy atom. The van der Waals surface area contributed by atoms with Crippen LogP contribution in [0.15, 0.2) is 29.6 Å². The number of hydrogen-bond acceptors (Lipinski definition) is 6. The standard InChI is InChI=1S/C19H26N4O2S/c1-14-20-18(13-26-14)19(24)21-17(12-23-10-8-22(2)9-11-23)15-4-6-16(25-3)7-5-15/h4-7,13,17H,8-12H2,1-3H3,(H,21,24)/t17-/m0/s1. The summed E-state index contributed by atoms with van der Waals surface area (Å²) < 4.78 is 5.25. The lowest BCUT2D eigenvalue weighted by atomic mass is 10.1. The first-order valence-corrected chi connectivity index (χ1v) is 9.71. The number of likely N-dealkylation sites (N-methyl/N-ethyl adjacent to an activating group) is 1. The molecule has 0 radical (unpaired) electrons. The Labute approximate surface area is 158 Å². The number of methoxy groups -OCH3 is 1. The average molecular weight is 375 g/mol. The van der Waals surface area contributed by atoms with Gasteiger partial charge in [0.2, 0.25) is 0 Å². The maximum absolute atomic E-state index is 12.6. The first-order valence-electron chi connectivity index (χ1n) is 8.83. The van der Waals surface area contributed by atoms with Gasteiger partial charge in [-0.15, -0.1) is 11.3 Å². The number of ether oxygens (including phenoxy) is 1. The van der Waals surface area contributed by atoms with Crippen LogP contribution in [-0.2, 0) is 0 Å². The third-order valence-electron chi connectivity index (χ3n) is 4.71. The van der Waals surface area contributed by atoms with Crippen LogP contribution in [0.1, 0.15) is 27.1 Å². The van der Waals surface area contributed by atoms with Gasteiger partial charge in [0, 0.05) is 38.1 Å². The fourth-order valence-corrected chi connectivity index (χ4v) is 3.65. The zero-order chi connectivity index (χ0) is 18.5. The molecule has 1 amide bonds. The Morgan fingerprint density at radius 1 is 1.27 bits per heavy atom. The van der Waals surface area contributed by atoms with Gasteiger partial charge in [-0.05, 0) is 31.7 Å². The van der Waals surface area contributed by atoms with Gasteiger partial charge < -0.3 is 15.0 Å². The molecule has 1 aromatic heterocycles. The maximum atomic E-state index is 12.6. The van der Waals surface area contributed by atoms with E-state index in [-0.39, 0.29) is 11.9 Å². The van der Waals surface area contributed by atoms with Crippen molar-refractivity contribution in [3.05, 3.63) is 45.9 Å². The second kappa shape index (κ2) is 8.62. The summed E-state index contributed by atoms with van der Waals surface area (Å²) in [7, 11) is 3.80. The number of nitrogens with one attached hydrogen (secondary N) is 1. The summed E-state index contributed by atoms with van der Waals surface area (Å²) in [5.74, 6) is 0.692. The van der Waals surface area contributed by atoms with Crippen molar-refractivity contribution < 1.29 is 9.53 Å². The summed E-state index contributed by atoms with van der Waals surface area (Å²) >= 11 is 1.49. The largest absolute Gasteiger partial charge is 0.497 e. The molecule has 0 spiro atoms. The normalized spacial score (nSPS) is 17.0. The fourth-order valence-electron chi connectivity index (χ4n) is 3.06. The topological polar surface area (TPSA) is 57.7 Å². The van der Waals surface area contributed by atoms with Crippen molar-refractivity contribution in [2.24, 2.45) is 0 Å². The van der Waals surface area contributed by atoms with Gasteiger partial charge in [-0.1, -0.05) is 12.1 Å². The molecule has 6 nitrogen and oxygen atoms in total. The van der Waals surface area contributed by atoms with Gasteiger partial charge in [-0.25, -0.2) is 4.98 Å². The quantitative estimate of drug-likeness (QED) is 0.840. The summed E-state index contributed by atoms with van der Waals surface area (Å²) in [4.78, 5) is 21.7. The molecule has 1 atom stereocenters. The minimum absolute atomic E-state index is 0.0844. The summed E-state index contributed by atoms with van der Waals surface area (Å²) in [6.07, 6.45) is 0. The van der Waals surface area contributed by atoms with Crippen LogP contribution in [0.4, 0.5) is 0 Å². The number of thiazole rings is 1. The molecule has 0 unspecified atom stereocenters. The zero-order valence-electron chi connectivity index (χ0n) is 15.6. The number of benzene rings is 1. The second-order valence-corrected chi connectivity index (χ2v) is 7.72. The third kappa shape index (κ3) is 4.81. The number of carbonyl (C=O) groups is 1. The number of aromatic nitrogens is 1. The molecule has 2 heterocycles. The van der Waals surface area contributed by atoms with Crippen LogP contribution >= 0.6 is 11.3 Å². The van der Waals surface area contributed by atoms with E-state index in [9.17, 15) is 4.79 Å². The monoisotopic (exact) mass is 374 g/mol. The Balaban J connectivity index is 1.74. The van der Waals surface area contributed by atoms with Crippen LogP contribution in [0.5, 0.6) is 5.75 Å². The highest BCUT2D eigenvalue weighted by molar-refractivity contribution is 7.09. The van der Waals surface area contributed by atoms with E-state index >= 15 is 0 Å². The average Bonchev–Trinajstić information content (AvgIpc) is 3.09. The minimum Gasteiger partial charge on any atom is -0.497 e. The number of hydrogen-bond donors (Lipinski definition) is 1. The van der Waals surface area contributed by atoms with Crippen molar-refractivity contribution in [2.75, 3.05) is 46.9 Å². The van der Waals surface area contributed by atoms with E-state index in [1.165, 1.54) is 11.3 Å². The first-order chi connectivity index (χ1) is 12.5. The minimum atomic E-state index is -0.121. The van der Waals surface area contributed by atoms with Crippen molar-refractivity contribution in [2.45, 2.75) is 13.0 Å². The van der Waals surface area contributed by atoms with Crippen molar-refractivity contribution in [3.63, 3.8) is 0 Å². The Hall–Kier alpha value is -1.96. The number of aryl methyl sites for hydroxylation is 1. The van der Waals surface area contributed by atoms with E-state index in [1.54, 1.807) is 7.11 Å². The lowest BCUT2D eigenvalue weighted by Crippen LogP contribution is -2.47. The van der Waals surface area contributed by atoms with E-state index in [1.807, 2.05) is 36.6 Å². The highest BCUT2D eigenvalue weighted by Gasteiger charge is 2.22. The van der Waals surface area contributed by atoms with Crippen LogP contribution in [0.3, 0.4) is 0 Å². The lowest BCUT2D eigenvalue weighted by Gasteiger charge is -2.35. The predicted octanol–water partition coefficient (Wildman–Crippen LogP) is 2.18. The van der Waals surface area contributed by atoms with E-state index in [2.05, 4.69) is 27.1 Å². The van der Waals surface area contributed by atoms with E-state index in [4.69, 9.17) is 4.74 Å². The van der Waals surface area contributed by atoms with Crippen LogP contribution in [0.2, 0.25) is 0 Å². The Bertz CT molecular complexity index is 723. The molecule has 7 heteroatoms. The lowest BCUT2D eigenvalue weighted by molar-refractivity contribution is 0.0903. The molecule has 26 heavy (non-hydrogen) atoms. The fraction of sp³-hybridized carbons (Fsp3) is 0.474. The number of rotatable bonds is 6. The molecule has 0 bridgehead atoms. The molecular formula is C19H26N4O2S. The molecule has 1 fully saturated rings. The molecule has 1 aliphatic heterocycles. The molecule has 1 saturated heterocycles. The molecule has 1 aromatic carbocycles. The van der Waals surface area contributed by atoms with Crippen LogP contribution < -0.4 is 10.1 Å². The molecule has 140 valence electrons. The van der Waals surface area contributed by atoms with Crippen molar-refractivity contribution >= 4 is 17.2 Å². The van der Waals surface area contributed by atoms with Crippen LogP contribution in [-0.4, -0.2) is 67.6 Å². The molecular weight excluding hydrogens is 348 g/mol. The van der Waals surface area contributed by atoms with Crippen LogP contribution in [0, 0.1) is 6.92 Å². The molecule has 2 aromatic rings. The predicted molar refractivity (Wildman–Crippen MR) is 104 cm³/mol. The Morgan fingerprint density at radius 2 is 1.96 bits per heavy atom. The van der Waals surface area contributed by atoms with Crippen molar-refractivity contribution in [3.8, 4) is 5.75 Å². The number of carbonyl (C=O) groups excluding carboxylic acids is 1. The van der Waals surface area contributed by atoms with E-state index < -0.39 is 0 Å². The van der Waals surface area contributed by atoms with Gasteiger partial charge in [0.05, 0.1) is 18.2 Å². The van der Waals surface area contributed by atoms with Gasteiger partial charge in [-0.2, -0.15) is 0 Å². The SMILES string of the molecule is COc1ccc([C@H](CN2CCN(C)CC2)NC(=O)c2csc(C)n2)cc1. The molecule has 0 saturated carbocycles. The van der Waals surface area contributed by atoms with Gasteiger partial charge >= 0.3 is 0 Å². The summed E-state index contributed by atoms with van der Waals surface area (Å²) in [6.45, 7) is 6.81. The molecule has 1 N–H and O–H groups in total. The van der Waals surface area contributed by atoms with Crippen LogP contribution in [0.25, 0.3) is 0 Å².